The van der Waals surface area contributed by atoms with Gasteiger partial charge in [0, 0.05) is 19.1 Å². The van der Waals surface area contributed by atoms with Crippen LogP contribution in [0.4, 0.5) is 9.59 Å². The number of nitrogens with zero attached hydrogens (tertiary/aromatic N) is 2. The number of carbonyl (C=O) groups excluding carboxylic acids is 4. The number of urea groups is 1. The molecule has 2 saturated heterocycles. The third kappa shape index (κ3) is 5.05. The second-order valence-electron chi connectivity index (χ2n) is 9.90. The molecule has 3 rings (SSSR count). The highest BCUT2D eigenvalue weighted by Gasteiger charge is 2.52. The van der Waals surface area contributed by atoms with Crippen LogP contribution in [-0.4, -0.2) is 70.6 Å². The number of rotatable bonds is 3. The van der Waals surface area contributed by atoms with Crippen LogP contribution in [0.25, 0.3) is 0 Å². The Hall–Kier alpha value is -2.32. The zero-order valence-corrected chi connectivity index (χ0v) is 18.5. The molecule has 2 N–H and O–H groups in total. The average Bonchev–Trinajstić information content (AvgIpc) is 2.88. The molecule has 9 nitrogen and oxygen atoms in total. The van der Waals surface area contributed by atoms with Gasteiger partial charge in [0.15, 0.2) is 0 Å². The Bertz CT molecular complexity index is 701. The van der Waals surface area contributed by atoms with Gasteiger partial charge in [0.2, 0.25) is 5.91 Å². The maximum Gasteiger partial charge on any atom is 0.410 e. The van der Waals surface area contributed by atoms with Crippen LogP contribution in [0.1, 0.15) is 66.2 Å². The van der Waals surface area contributed by atoms with Crippen LogP contribution in [0.2, 0.25) is 0 Å². The van der Waals surface area contributed by atoms with Crippen LogP contribution >= 0.6 is 0 Å². The molecule has 9 heteroatoms. The molecule has 2 heterocycles. The maximum absolute atomic E-state index is 12.9. The number of likely N-dealkylation sites (tertiary alicyclic amines) is 1. The molecule has 2 aliphatic heterocycles. The molecule has 1 aliphatic carbocycles. The van der Waals surface area contributed by atoms with Gasteiger partial charge in [-0.2, -0.15) is 0 Å². The van der Waals surface area contributed by atoms with Crippen molar-refractivity contribution in [3.8, 4) is 0 Å². The van der Waals surface area contributed by atoms with Gasteiger partial charge < -0.3 is 20.3 Å². The molecule has 1 saturated carbocycles. The first-order valence-corrected chi connectivity index (χ1v) is 10.9. The minimum Gasteiger partial charge on any atom is -0.444 e. The zero-order valence-electron chi connectivity index (χ0n) is 18.5. The summed E-state index contributed by atoms with van der Waals surface area (Å²) in [5, 5.41) is 5.74. The number of ether oxygens (including phenoxy) is 1. The van der Waals surface area contributed by atoms with E-state index in [2.05, 4.69) is 17.6 Å². The largest absolute Gasteiger partial charge is 0.444 e. The summed E-state index contributed by atoms with van der Waals surface area (Å²) in [6, 6.07) is -0.578. The first-order chi connectivity index (χ1) is 14.0. The zero-order chi connectivity index (χ0) is 22.1. The highest BCUT2D eigenvalue weighted by atomic mass is 16.6. The van der Waals surface area contributed by atoms with Gasteiger partial charge >= 0.3 is 12.1 Å². The van der Waals surface area contributed by atoms with E-state index in [4.69, 9.17) is 4.74 Å². The minimum absolute atomic E-state index is 0.0959. The molecule has 0 radical (unpaired) electrons. The molecule has 0 aromatic rings. The second-order valence-corrected chi connectivity index (χ2v) is 9.90. The summed E-state index contributed by atoms with van der Waals surface area (Å²) in [5.74, 6) is -0.0889. The third-order valence-corrected chi connectivity index (χ3v) is 6.19. The van der Waals surface area contributed by atoms with Crippen molar-refractivity contribution in [2.75, 3.05) is 19.6 Å². The Morgan fingerprint density at radius 2 is 1.73 bits per heavy atom. The van der Waals surface area contributed by atoms with Gasteiger partial charge in [-0.15, -0.1) is 0 Å². The smallest absolute Gasteiger partial charge is 0.410 e. The van der Waals surface area contributed by atoms with E-state index in [1.54, 1.807) is 4.90 Å². The number of carbonyl (C=O) groups is 4. The SMILES string of the molecule is CC1CCC2(CC1)NC(=O)N(CC(=O)NC1CCN(C(=O)OC(C)(C)C)CC1)C2=O. The number of nitrogens with one attached hydrogen (secondary N) is 2. The van der Waals surface area contributed by atoms with Crippen molar-refractivity contribution >= 4 is 23.9 Å². The van der Waals surface area contributed by atoms with E-state index in [0.717, 1.165) is 17.7 Å². The van der Waals surface area contributed by atoms with E-state index in [9.17, 15) is 19.2 Å². The molecule has 0 unspecified atom stereocenters. The molecule has 0 atom stereocenters. The molecule has 30 heavy (non-hydrogen) atoms. The summed E-state index contributed by atoms with van der Waals surface area (Å²) in [4.78, 5) is 52.5. The molecule has 0 bridgehead atoms. The van der Waals surface area contributed by atoms with Gasteiger partial charge in [-0.25, -0.2) is 9.59 Å². The summed E-state index contributed by atoms with van der Waals surface area (Å²) >= 11 is 0. The van der Waals surface area contributed by atoms with Crippen molar-refractivity contribution in [1.82, 2.24) is 20.4 Å². The van der Waals surface area contributed by atoms with Gasteiger partial charge in [-0.05, 0) is 65.2 Å². The van der Waals surface area contributed by atoms with Crippen LogP contribution < -0.4 is 10.6 Å². The number of piperidine rings is 1. The molecular formula is C21H34N4O5. The fourth-order valence-electron chi connectivity index (χ4n) is 4.36. The second kappa shape index (κ2) is 8.43. The van der Waals surface area contributed by atoms with Gasteiger partial charge in [0.25, 0.3) is 5.91 Å². The van der Waals surface area contributed by atoms with E-state index in [1.165, 1.54) is 0 Å². The van der Waals surface area contributed by atoms with E-state index in [1.807, 2.05) is 20.8 Å². The molecule has 168 valence electrons. The lowest BCUT2D eigenvalue weighted by atomic mass is 9.77. The van der Waals surface area contributed by atoms with Crippen molar-refractivity contribution in [3.05, 3.63) is 0 Å². The minimum atomic E-state index is -0.831. The van der Waals surface area contributed by atoms with Crippen molar-refractivity contribution in [2.24, 2.45) is 5.92 Å². The van der Waals surface area contributed by atoms with E-state index in [0.29, 0.717) is 44.7 Å². The van der Waals surface area contributed by atoms with Crippen molar-refractivity contribution in [2.45, 2.75) is 83.4 Å². The Kier molecular flexibility index (Phi) is 6.29. The van der Waals surface area contributed by atoms with E-state index in [-0.39, 0.29) is 30.5 Å². The topological polar surface area (TPSA) is 108 Å². The molecule has 0 aromatic heterocycles. The third-order valence-electron chi connectivity index (χ3n) is 6.19. The van der Waals surface area contributed by atoms with Gasteiger partial charge in [0.1, 0.15) is 17.7 Å². The Morgan fingerprint density at radius 1 is 1.13 bits per heavy atom. The fourth-order valence-corrected chi connectivity index (χ4v) is 4.36. The number of imide groups is 1. The van der Waals surface area contributed by atoms with Crippen LogP contribution in [0.15, 0.2) is 0 Å². The summed E-state index contributed by atoms with van der Waals surface area (Å²) in [5.41, 5.74) is -1.37. The van der Waals surface area contributed by atoms with E-state index < -0.39 is 17.2 Å². The number of amides is 5. The summed E-state index contributed by atoms with van der Waals surface area (Å²) in [6.07, 6.45) is 3.89. The Labute approximate surface area is 177 Å². The first kappa shape index (κ1) is 22.4. The normalized spacial score (nSPS) is 27.9. The lowest BCUT2D eigenvalue weighted by Gasteiger charge is -2.34. The van der Waals surface area contributed by atoms with Gasteiger partial charge in [-0.3, -0.25) is 14.5 Å². The number of hydrogen-bond acceptors (Lipinski definition) is 5. The van der Waals surface area contributed by atoms with Crippen LogP contribution in [0, 0.1) is 5.92 Å². The van der Waals surface area contributed by atoms with Crippen molar-refractivity contribution in [3.63, 3.8) is 0 Å². The van der Waals surface area contributed by atoms with Crippen molar-refractivity contribution in [1.29, 1.82) is 0 Å². The highest BCUT2D eigenvalue weighted by molar-refractivity contribution is 6.09. The summed E-state index contributed by atoms with van der Waals surface area (Å²) < 4.78 is 5.38. The molecule has 3 aliphatic rings. The predicted molar refractivity (Wildman–Crippen MR) is 110 cm³/mol. The van der Waals surface area contributed by atoms with Gasteiger partial charge in [0.05, 0.1) is 0 Å². The fraction of sp³-hybridized carbons (Fsp3) is 0.810. The average molecular weight is 423 g/mol. The maximum atomic E-state index is 12.9. The monoisotopic (exact) mass is 422 g/mol. The molecule has 0 aromatic carbocycles. The standard InChI is InChI=1S/C21H34N4O5/c1-14-5-9-21(10-6-14)17(27)25(18(28)23-21)13-16(26)22-15-7-11-24(12-8-15)19(29)30-20(2,3)4/h14-15H,5-13H2,1-4H3,(H,22,26)(H,23,28). The first-order valence-electron chi connectivity index (χ1n) is 10.9. The molecule has 5 amide bonds. The summed E-state index contributed by atoms with van der Waals surface area (Å²) in [6.45, 7) is 8.33. The van der Waals surface area contributed by atoms with Crippen LogP contribution in [-0.2, 0) is 14.3 Å². The quantitative estimate of drug-likeness (QED) is 0.677. The lowest BCUT2D eigenvalue weighted by Crippen LogP contribution is -2.51. The molecule has 1 spiro atoms. The van der Waals surface area contributed by atoms with Crippen molar-refractivity contribution < 1.29 is 23.9 Å². The number of hydrogen-bond donors (Lipinski definition) is 2. The Balaban J connectivity index is 1.47. The van der Waals surface area contributed by atoms with Crippen LogP contribution in [0.5, 0.6) is 0 Å². The highest BCUT2D eigenvalue weighted by Crippen LogP contribution is 2.36. The van der Waals surface area contributed by atoms with E-state index >= 15 is 0 Å². The summed E-state index contributed by atoms with van der Waals surface area (Å²) in [7, 11) is 0. The van der Waals surface area contributed by atoms with Crippen LogP contribution in [0.3, 0.4) is 0 Å². The predicted octanol–water partition coefficient (Wildman–Crippen LogP) is 2.00. The molecule has 3 fully saturated rings. The Morgan fingerprint density at radius 3 is 2.30 bits per heavy atom. The molecular weight excluding hydrogens is 388 g/mol. The van der Waals surface area contributed by atoms with Gasteiger partial charge in [-0.1, -0.05) is 6.92 Å². The lowest BCUT2D eigenvalue weighted by molar-refractivity contribution is -0.136.